The Kier molecular flexibility index (Phi) is 7.35. The number of amides is 1. The van der Waals surface area contributed by atoms with E-state index in [0.29, 0.717) is 17.2 Å². The van der Waals surface area contributed by atoms with E-state index in [9.17, 15) is 13.2 Å². The standard InChI is InChI=1S/C20H25N3O5S/c1-14-6-9-17(10-7-14)29(25,26)23(3)13-20(24)22-21-15(2)16-8-11-18(27-4)19(12-16)28-5/h6-12H,13H2,1-5H3,(H,22,24)/b21-15-. The summed E-state index contributed by atoms with van der Waals surface area (Å²) in [6.45, 7) is 3.22. The highest BCUT2D eigenvalue weighted by Gasteiger charge is 2.22. The Morgan fingerprint density at radius 1 is 1.07 bits per heavy atom. The molecule has 0 radical (unpaired) electrons. The van der Waals surface area contributed by atoms with Gasteiger partial charge in [0.1, 0.15) is 0 Å². The third-order valence-corrected chi connectivity index (χ3v) is 6.06. The molecule has 0 saturated heterocycles. The number of likely N-dealkylation sites (N-methyl/N-ethyl adjacent to an activating group) is 1. The smallest absolute Gasteiger partial charge is 0.255 e. The Labute approximate surface area is 171 Å². The highest BCUT2D eigenvalue weighted by molar-refractivity contribution is 7.89. The molecule has 1 amide bonds. The molecule has 0 unspecified atom stereocenters. The van der Waals surface area contributed by atoms with Crippen LogP contribution < -0.4 is 14.9 Å². The number of benzene rings is 2. The van der Waals surface area contributed by atoms with Gasteiger partial charge in [0.25, 0.3) is 5.91 Å². The lowest BCUT2D eigenvalue weighted by atomic mass is 10.1. The number of nitrogens with zero attached hydrogens (tertiary/aromatic N) is 2. The van der Waals surface area contributed by atoms with Crippen molar-refractivity contribution >= 4 is 21.6 Å². The molecular weight excluding hydrogens is 394 g/mol. The SMILES string of the molecule is COc1ccc(/C(C)=N\NC(=O)CN(C)S(=O)(=O)c2ccc(C)cc2)cc1OC. The molecule has 0 aliphatic heterocycles. The molecule has 0 atom stereocenters. The molecule has 2 rings (SSSR count). The van der Waals surface area contributed by atoms with Crippen molar-refractivity contribution in [3.05, 3.63) is 53.6 Å². The average molecular weight is 420 g/mol. The summed E-state index contributed by atoms with van der Waals surface area (Å²) in [5.74, 6) is 0.564. The lowest BCUT2D eigenvalue weighted by Crippen LogP contribution is -2.36. The number of hydrogen-bond acceptors (Lipinski definition) is 6. The van der Waals surface area contributed by atoms with Gasteiger partial charge in [0.2, 0.25) is 10.0 Å². The number of ether oxygens (including phenoxy) is 2. The number of methoxy groups -OCH3 is 2. The summed E-state index contributed by atoms with van der Waals surface area (Å²) in [5, 5.41) is 4.04. The number of rotatable bonds is 8. The van der Waals surface area contributed by atoms with Crippen LogP contribution in [-0.4, -0.2) is 52.2 Å². The monoisotopic (exact) mass is 419 g/mol. The highest BCUT2D eigenvalue weighted by atomic mass is 32.2. The van der Waals surface area contributed by atoms with E-state index in [0.717, 1.165) is 15.4 Å². The summed E-state index contributed by atoms with van der Waals surface area (Å²) in [4.78, 5) is 12.3. The Hall–Kier alpha value is -2.91. The van der Waals surface area contributed by atoms with Gasteiger partial charge < -0.3 is 9.47 Å². The van der Waals surface area contributed by atoms with E-state index >= 15 is 0 Å². The maximum atomic E-state index is 12.6. The maximum Gasteiger partial charge on any atom is 0.255 e. The molecule has 0 spiro atoms. The molecule has 29 heavy (non-hydrogen) atoms. The number of nitrogens with one attached hydrogen (secondary N) is 1. The van der Waals surface area contributed by atoms with Crippen LogP contribution in [-0.2, 0) is 14.8 Å². The molecule has 9 heteroatoms. The molecule has 0 aliphatic carbocycles. The van der Waals surface area contributed by atoms with Crippen molar-refractivity contribution in [2.75, 3.05) is 27.8 Å². The Balaban J connectivity index is 2.05. The molecule has 0 aromatic heterocycles. The van der Waals surface area contributed by atoms with E-state index in [2.05, 4.69) is 10.5 Å². The van der Waals surface area contributed by atoms with E-state index in [1.165, 1.54) is 26.3 Å². The zero-order valence-electron chi connectivity index (χ0n) is 17.1. The van der Waals surface area contributed by atoms with E-state index in [1.807, 2.05) is 6.92 Å². The number of aryl methyl sites for hydroxylation is 1. The number of hydrazone groups is 1. The molecular formula is C20H25N3O5S. The molecule has 8 nitrogen and oxygen atoms in total. The molecule has 0 bridgehead atoms. The zero-order chi connectivity index (χ0) is 21.6. The summed E-state index contributed by atoms with van der Waals surface area (Å²) >= 11 is 0. The summed E-state index contributed by atoms with van der Waals surface area (Å²) in [6, 6.07) is 11.7. The van der Waals surface area contributed by atoms with Crippen LogP contribution in [0.5, 0.6) is 11.5 Å². The quantitative estimate of drug-likeness (QED) is 0.522. The highest BCUT2D eigenvalue weighted by Crippen LogP contribution is 2.27. The van der Waals surface area contributed by atoms with Crippen molar-refractivity contribution in [1.82, 2.24) is 9.73 Å². The molecule has 2 aromatic rings. The molecule has 2 aromatic carbocycles. The largest absolute Gasteiger partial charge is 0.493 e. The lowest BCUT2D eigenvalue weighted by molar-refractivity contribution is -0.121. The minimum Gasteiger partial charge on any atom is -0.493 e. The molecule has 1 N–H and O–H groups in total. The molecule has 156 valence electrons. The van der Waals surface area contributed by atoms with E-state index in [1.54, 1.807) is 44.4 Å². The normalized spacial score (nSPS) is 12.0. The Morgan fingerprint density at radius 2 is 1.69 bits per heavy atom. The van der Waals surface area contributed by atoms with E-state index in [-0.39, 0.29) is 11.4 Å². The van der Waals surface area contributed by atoms with Crippen molar-refractivity contribution < 1.29 is 22.7 Å². The number of hydrogen-bond donors (Lipinski definition) is 1. The van der Waals surface area contributed by atoms with Gasteiger partial charge in [0.05, 0.1) is 31.4 Å². The molecule has 0 saturated carbocycles. The zero-order valence-corrected chi connectivity index (χ0v) is 17.9. The van der Waals surface area contributed by atoms with Gasteiger partial charge >= 0.3 is 0 Å². The maximum absolute atomic E-state index is 12.6. The first-order chi connectivity index (χ1) is 13.7. The first kappa shape index (κ1) is 22.4. The van der Waals surface area contributed by atoms with Crippen LogP contribution in [0.15, 0.2) is 52.5 Å². The van der Waals surface area contributed by atoms with Crippen molar-refractivity contribution in [1.29, 1.82) is 0 Å². The van der Waals surface area contributed by atoms with E-state index in [4.69, 9.17) is 9.47 Å². The summed E-state index contributed by atoms with van der Waals surface area (Å²) in [7, 11) is 0.652. The number of carbonyl (C=O) groups excluding carboxylic acids is 1. The second-order valence-corrected chi connectivity index (χ2v) is 8.42. The second-order valence-electron chi connectivity index (χ2n) is 6.38. The van der Waals surface area contributed by atoms with Crippen LogP contribution in [0.25, 0.3) is 0 Å². The Morgan fingerprint density at radius 3 is 2.28 bits per heavy atom. The van der Waals surface area contributed by atoms with Crippen LogP contribution in [0.2, 0.25) is 0 Å². The summed E-state index contributed by atoms with van der Waals surface area (Å²) in [6.07, 6.45) is 0. The van der Waals surface area contributed by atoms with Gasteiger partial charge in [-0.25, -0.2) is 13.8 Å². The van der Waals surface area contributed by atoms with Crippen LogP contribution in [0, 0.1) is 6.92 Å². The van der Waals surface area contributed by atoms with Gasteiger partial charge in [-0.1, -0.05) is 17.7 Å². The van der Waals surface area contributed by atoms with Crippen LogP contribution in [0.1, 0.15) is 18.1 Å². The first-order valence-electron chi connectivity index (χ1n) is 8.77. The van der Waals surface area contributed by atoms with Crippen molar-refractivity contribution in [2.24, 2.45) is 5.10 Å². The van der Waals surface area contributed by atoms with Crippen LogP contribution in [0.4, 0.5) is 0 Å². The van der Waals surface area contributed by atoms with Crippen molar-refractivity contribution in [3.63, 3.8) is 0 Å². The Bertz CT molecular complexity index is 1000. The average Bonchev–Trinajstić information content (AvgIpc) is 2.71. The predicted molar refractivity (Wildman–Crippen MR) is 111 cm³/mol. The molecule has 0 aliphatic rings. The summed E-state index contributed by atoms with van der Waals surface area (Å²) in [5.41, 5.74) is 4.59. The summed E-state index contributed by atoms with van der Waals surface area (Å²) < 4.78 is 36.5. The topological polar surface area (TPSA) is 97.3 Å². The van der Waals surface area contributed by atoms with Gasteiger partial charge in [-0.05, 0) is 44.2 Å². The van der Waals surface area contributed by atoms with E-state index < -0.39 is 15.9 Å². The number of sulfonamides is 1. The fraction of sp³-hybridized carbons (Fsp3) is 0.300. The minimum absolute atomic E-state index is 0.128. The van der Waals surface area contributed by atoms with Gasteiger partial charge in [-0.3, -0.25) is 4.79 Å². The second kappa shape index (κ2) is 9.53. The van der Waals surface area contributed by atoms with Crippen molar-refractivity contribution in [3.8, 4) is 11.5 Å². The first-order valence-corrected chi connectivity index (χ1v) is 10.2. The van der Waals surface area contributed by atoms with Crippen LogP contribution in [0.3, 0.4) is 0 Å². The van der Waals surface area contributed by atoms with Crippen molar-refractivity contribution in [2.45, 2.75) is 18.7 Å². The predicted octanol–water partition coefficient (Wildman–Crippen LogP) is 2.17. The fourth-order valence-corrected chi connectivity index (χ4v) is 3.61. The molecule has 0 heterocycles. The minimum atomic E-state index is -3.76. The number of carbonyl (C=O) groups is 1. The lowest BCUT2D eigenvalue weighted by Gasteiger charge is -2.16. The van der Waals surface area contributed by atoms with Gasteiger partial charge in [0, 0.05) is 12.6 Å². The molecule has 0 fully saturated rings. The van der Waals surface area contributed by atoms with Crippen LogP contribution >= 0.6 is 0 Å². The van der Waals surface area contributed by atoms with Gasteiger partial charge in [-0.15, -0.1) is 0 Å². The third kappa shape index (κ3) is 5.55. The van der Waals surface area contributed by atoms with Gasteiger partial charge in [-0.2, -0.15) is 9.41 Å². The van der Waals surface area contributed by atoms with Gasteiger partial charge in [0.15, 0.2) is 11.5 Å². The third-order valence-electron chi connectivity index (χ3n) is 4.25. The fourth-order valence-electron chi connectivity index (χ4n) is 2.48.